The summed E-state index contributed by atoms with van der Waals surface area (Å²) in [6.07, 6.45) is 2.32. The van der Waals surface area contributed by atoms with Gasteiger partial charge in [0, 0.05) is 10.8 Å². The maximum Gasteiger partial charge on any atom is 0.194 e. The second kappa shape index (κ2) is 4.52. The molecule has 1 heterocycles. The second-order valence-electron chi connectivity index (χ2n) is 4.57. The van der Waals surface area contributed by atoms with E-state index in [4.69, 9.17) is 5.73 Å². The van der Waals surface area contributed by atoms with Gasteiger partial charge in [-0.2, -0.15) is 0 Å². The maximum atomic E-state index is 13.9. The van der Waals surface area contributed by atoms with Crippen LogP contribution in [0.15, 0.2) is 12.1 Å². The van der Waals surface area contributed by atoms with E-state index in [2.05, 4.69) is 4.98 Å². The lowest BCUT2D eigenvalue weighted by Gasteiger charge is -2.22. The summed E-state index contributed by atoms with van der Waals surface area (Å²) in [4.78, 5) is 5.07. The van der Waals surface area contributed by atoms with Crippen molar-refractivity contribution < 1.29 is 13.2 Å². The molecule has 100 valence electrons. The molecule has 0 radical (unpaired) electrons. The molecular weight excluding hydrogens is 273 g/mol. The first-order valence-electron chi connectivity index (χ1n) is 5.96. The summed E-state index contributed by atoms with van der Waals surface area (Å²) < 4.78 is 40.2. The Hall–Kier alpha value is -1.56. The minimum atomic E-state index is -1.41. The van der Waals surface area contributed by atoms with Crippen molar-refractivity contribution in [2.75, 3.05) is 5.73 Å². The van der Waals surface area contributed by atoms with Crippen molar-refractivity contribution >= 4 is 16.5 Å². The number of anilines is 1. The van der Waals surface area contributed by atoms with Gasteiger partial charge in [-0.3, -0.25) is 0 Å². The fourth-order valence-corrected chi connectivity index (χ4v) is 3.58. The third-order valence-corrected chi connectivity index (χ3v) is 4.45. The van der Waals surface area contributed by atoms with Gasteiger partial charge in [0.2, 0.25) is 0 Å². The van der Waals surface area contributed by atoms with Gasteiger partial charge in [0.15, 0.2) is 22.6 Å². The number of rotatable bonds is 1. The van der Waals surface area contributed by atoms with Crippen LogP contribution in [0.5, 0.6) is 0 Å². The number of nitrogens with two attached hydrogens (primary N) is 1. The Balaban J connectivity index is 2.11. The van der Waals surface area contributed by atoms with Gasteiger partial charge in [-0.25, -0.2) is 18.2 Å². The fraction of sp³-hybridized carbons (Fsp3) is 0.308. The van der Waals surface area contributed by atoms with Crippen LogP contribution in [0, 0.1) is 17.5 Å². The zero-order chi connectivity index (χ0) is 13.6. The Morgan fingerprint density at radius 2 is 2.00 bits per heavy atom. The summed E-state index contributed by atoms with van der Waals surface area (Å²) in [5.41, 5.74) is 6.70. The number of hydrogen-bond acceptors (Lipinski definition) is 3. The molecule has 1 aromatic carbocycles. The molecule has 0 spiro atoms. The molecule has 2 N–H and O–H groups in total. The van der Waals surface area contributed by atoms with Crippen LogP contribution in [0.25, 0.3) is 0 Å². The lowest BCUT2D eigenvalue weighted by molar-refractivity contribution is 0.434. The molecule has 2 aromatic rings. The quantitative estimate of drug-likeness (QED) is 0.812. The van der Waals surface area contributed by atoms with E-state index >= 15 is 0 Å². The molecule has 0 fully saturated rings. The van der Waals surface area contributed by atoms with E-state index in [0.29, 0.717) is 11.6 Å². The first-order valence-corrected chi connectivity index (χ1v) is 6.78. The number of thiazole rings is 1. The van der Waals surface area contributed by atoms with Crippen molar-refractivity contribution in [3.63, 3.8) is 0 Å². The van der Waals surface area contributed by atoms with Gasteiger partial charge in [0.05, 0.1) is 5.69 Å². The summed E-state index contributed by atoms with van der Waals surface area (Å²) >= 11 is 1.30. The van der Waals surface area contributed by atoms with Gasteiger partial charge in [0.1, 0.15) is 0 Å². The Morgan fingerprint density at radius 3 is 2.79 bits per heavy atom. The van der Waals surface area contributed by atoms with E-state index in [1.54, 1.807) is 0 Å². The van der Waals surface area contributed by atoms with Crippen molar-refractivity contribution in [3.8, 4) is 0 Å². The van der Waals surface area contributed by atoms with E-state index in [0.717, 1.165) is 29.5 Å². The molecule has 0 aliphatic heterocycles. The largest absolute Gasteiger partial charge is 0.375 e. The van der Waals surface area contributed by atoms with Crippen molar-refractivity contribution in [2.45, 2.75) is 25.2 Å². The molecule has 1 atom stereocenters. The highest BCUT2D eigenvalue weighted by Crippen LogP contribution is 2.41. The van der Waals surface area contributed by atoms with Gasteiger partial charge >= 0.3 is 0 Å². The standard InChI is InChI=1S/C13H11F3N2S/c14-8-5-4-6(10(15)11(8)16)7-2-1-3-9-12(7)19-13(17)18-9/h4-5,7H,1-3H2,(H2,17,18). The Morgan fingerprint density at radius 1 is 1.21 bits per heavy atom. The van der Waals surface area contributed by atoms with Crippen molar-refractivity contribution in [2.24, 2.45) is 0 Å². The van der Waals surface area contributed by atoms with Crippen LogP contribution < -0.4 is 5.73 Å². The van der Waals surface area contributed by atoms with Crippen LogP contribution >= 0.6 is 11.3 Å². The summed E-state index contributed by atoms with van der Waals surface area (Å²) in [5, 5.41) is 0.430. The van der Waals surface area contributed by atoms with E-state index in [1.807, 2.05) is 0 Å². The Labute approximate surface area is 112 Å². The average Bonchev–Trinajstić information content (AvgIpc) is 2.76. The van der Waals surface area contributed by atoms with Gasteiger partial charge in [0.25, 0.3) is 0 Å². The predicted octanol–water partition coefficient (Wildman–Crippen LogP) is 3.61. The maximum absolute atomic E-state index is 13.9. The molecule has 1 aliphatic carbocycles. The number of benzene rings is 1. The van der Waals surface area contributed by atoms with Crippen LogP contribution in [-0.2, 0) is 6.42 Å². The molecule has 1 aromatic heterocycles. The molecular formula is C13H11F3N2S. The molecule has 0 amide bonds. The topological polar surface area (TPSA) is 38.9 Å². The predicted molar refractivity (Wildman–Crippen MR) is 67.6 cm³/mol. The van der Waals surface area contributed by atoms with Crippen LogP contribution in [-0.4, -0.2) is 4.98 Å². The smallest absolute Gasteiger partial charge is 0.194 e. The number of nitrogens with zero attached hydrogens (tertiary/aromatic N) is 1. The number of halogens is 3. The summed E-state index contributed by atoms with van der Waals surface area (Å²) in [7, 11) is 0. The first kappa shape index (κ1) is 12.5. The summed E-state index contributed by atoms with van der Waals surface area (Å²) in [5.74, 6) is -3.97. The number of fused-ring (bicyclic) bond motifs is 1. The minimum absolute atomic E-state index is 0.184. The molecule has 0 saturated carbocycles. The molecule has 6 heteroatoms. The number of aryl methyl sites for hydroxylation is 1. The SMILES string of the molecule is Nc1nc2c(s1)C(c1ccc(F)c(F)c1F)CCC2. The van der Waals surface area contributed by atoms with Crippen molar-refractivity contribution in [3.05, 3.63) is 45.7 Å². The van der Waals surface area contributed by atoms with Gasteiger partial charge in [-0.15, -0.1) is 11.3 Å². The molecule has 3 rings (SSSR count). The number of aromatic nitrogens is 1. The van der Waals surface area contributed by atoms with Gasteiger partial charge < -0.3 is 5.73 Å². The fourth-order valence-electron chi connectivity index (χ4n) is 2.55. The Bertz CT molecular complexity index is 639. The molecule has 0 bridgehead atoms. The first-order chi connectivity index (χ1) is 9.08. The molecule has 2 nitrogen and oxygen atoms in total. The third-order valence-electron chi connectivity index (χ3n) is 3.41. The highest BCUT2D eigenvalue weighted by Gasteiger charge is 2.29. The van der Waals surface area contributed by atoms with Gasteiger partial charge in [-0.1, -0.05) is 6.07 Å². The summed E-state index contributed by atoms with van der Waals surface area (Å²) in [6, 6.07) is 2.27. The minimum Gasteiger partial charge on any atom is -0.375 e. The monoisotopic (exact) mass is 284 g/mol. The van der Waals surface area contributed by atoms with E-state index in [9.17, 15) is 13.2 Å². The van der Waals surface area contributed by atoms with Crippen LogP contribution in [0.3, 0.4) is 0 Å². The van der Waals surface area contributed by atoms with Crippen LogP contribution in [0.4, 0.5) is 18.3 Å². The van der Waals surface area contributed by atoms with Crippen LogP contribution in [0.1, 0.15) is 34.9 Å². The molecule has 19 heavy (non-hydrogen) atoms. The normalized spacial score (nSPS) is 18.4. The number of nitrogen functional groups attached to an aromatic ring is 1. The van der Waals surface area contributed by atoms with E-state index < -0.39 is 17.5 Å². The lowest BCUT2D eigenvalue weighted by Crippen LogP contribution is -2.12. The average molecular weight is 284 g/mol. The van der Waals surface area contributed by atoms with E-state index in [1.165, 1.54) is 17.4 Å². The van der Waals surface area contributed by atoms with Crippen LogP contribution in [0.2, 0.25) is 0 Å². The zero-order valence-corrected chi connectivity index (χ0v) is 10.7. The van der Waals surface area contributed by atoms with Crippen molar-refractivity contribution in [1.82, 2.24) is 4.98 Å². The zero-order valence-electron chi connectivity index (χ0n) is 9.92. The van der Waals surface area contributed by atoms with Gasteiger partial charge in [-0.05, 0) is 30.9 Å². The molecule has 1 aliphatic rings. The number of hydrogen-bond donors (Lipinski definition) is 1. The van der Waals surface area contributed by atoms with E-state index in [-0.39, 0.29) is 11.5 Å². The molecule has 1 unspecified atom stereocenters. The lowest BCUT2D eigenvalue weighted by atomic mass is 9.86. The highest BCUT2D eigenvalue weighted by molar-refractivity contribution is 7.15. The summed E-state index contributed by atoms with van der Waals surface area (Å²) in [6.45, 7) is 0. The van der Waals surface area contributed by atoms with Crippen molar-refractivity contribution in [1.29, 1.82) is 0 Å². The second-order valence-corrected chi connectivity index (χ2v) is 5.63. The molecule has 0 saturated heterocycles. The highest BCUT2D eigenvalue weighted by atomic mass is 32.1. The Kier molecular flexibility index (Phi) is 2.97. The third kappa shape index (κ3) is 2.00.